The molecule has 1 aliphatic carbocycles. The largest absolute Gasteiger partial charge is 0.455 e. The van der Waals surface area contributed by atoms with Gasteiger partial charge < -0.3 is 10.1 Å². The van der Waals surface area contributed by atoms with Crippen LogP contribution in [0, 0.1) is 0 Å². The molecular formula is C19H26N2O2. The number of carbonyl (C=O) groups is 1. The maximum absolute atomic E-state index is 12.4. The third-order valence-corrected chi connectivity index (χ3v) is 4.50. The van der Waals surface area contributed by atoms with E-state index in [1.54, 1.807) is 0 Å². The van der Waals surface area contributed by atoms with Gasteiger partial charge in [0.15, 0.2) is 0 Å². The first kappa shape index (κ1) is 16.2. The Bertz CT molecular complexity index is 550. The molecule has 0 amide bonds. The second kappa shape index (κ2) is 8.27. The highest BCUT2D eigenvalue weighted by molar-refractivity contribution is 5.89. The number of hydrogen-bond donors (Lipinski definition) is 1. The van der Waals surface area contributed by atoms with Gasteiger partial charge in [0.1, 0.15) is 6.10 Å². The van der Waals surface area contributed by atoms with E-state index in [1.807, 2.05) is 24.3 Å². The molecule has 1 aromatic carbocycles. The van der Waals surface area contributed by atoms with Gasteiger partial charge in [0, 0.05) is 32.7 Å². The predicted octanol–water partition coefficient (Wildman–Crippen LogP) is 2.75. The van der Waals surface area contributed by atoms with Gasteiger partial charge in [-0.15, -0.1) is 0 Å². The Hall–Kier alpha value is -1.65. The summed E-state index contributed by atoms with van der Waals surface area (Å²) in [5.41, 5.74) is 1.84. The molecule has 0 saturated carbocycles. The zero-order valence-corrected chi connectivity index (χ0v) is 13.7. The van der Waals surface area contributed by atoms with Gasteiger partial charge in [0.25, 0.3) is 0 Å². The molecule has 1 fully saturated rings. The van der Waals surface area contributed by atoms with Crippen molar-refractivity contribution in [1.82, 2.24) is 10.2 Å². The normalized spacial score (nSPS) is 22.5. The van der Waals surface area contributed by atoms with E-state index in [0.717, 1.165) is 52.0 Å². The van der Waals surface area contributed by atoms with Gasteiger partial charge in [-0.3, -0.25) is 4.90 Å². The molecule has 0 aromatic heterocycles. The zero-order chi connectivity index (χ0) is 15.9. The molecule has 1 N–H and O–H groups in total. The number of hydrogen-bond acceptors (Lipinski definition) is 4. The first-order valence-corrected chi connectivity index (χ1v) is 8.71. The van der Waals surface area contributed by atoms with E-state index < -0.39 is 0 Å². The first-order chi connectivity index (χ1) is 11.3. The van der Waals surface area contributed by atoms with Gasteiger partial charge in [-0.2, -0.15) is 0 Å². The third kappa shape index (κ3) is 4.91. The van der Waals surface area contributed by atoms with E-state index in [9.17, 15) is 4.79 Å². The number of nitrogens with one attached hydrogen (secondary N) is 1. The van der Waals surface area contributed by atoms with E-state index in [-0.39, 0.29) is 12.1 Å². The Labute approximate surface area is 138 Å². The van der Waals surface area contributed by atoms with Crippen molar-refractivity contribution in [3.8, 4) is 0 Å². The van der Waals surface area contributed by atoms with Crippen LogP contribution in [0.2, 0.25) is 0 Å². The van der Waals surface area contributed by atoms with Crippen molar-refractivity contribution in [2.45, 2.75) is 38.3 Å². The summed E-state index contributed by atoms with van der Waals surface area (Å²) in [5, 5.41) is 3.36. The van der Waals surface area contributed by atoms with Crippen molar-refractivity contribution in [3.63, 3.8) is 0 Å². The Balaban J connectivity index is 1.60. The molecule has 1 aromatic rings. The number of piperazine rings is 1. The van der Waals surface area contributed by atoms with Crippen LogP contribution in [0.15, 0.2) is 36.4 Å². The van der Waals surface area contributed by atoms with Crippen LogP contribution in [-0.4, -0.2) is 43.2 Å². The van der Waals surface area contributed by atoms with Crippen LogP contribution in [0.25, 0.3) is 0 Å². The topological polar surface area (TPSA) is 41.6 Å². The lowest BCUT2D eigenvalue weighted by Crippen LogP contribution is -2.42. The molecule has 4 heteroatoms. The quantitative estimate of drug-likeness (QED) is 0.685. The number of nitrogens with zero attached hydrogens (tertiary/aromatic N) is 1. The number of rotatable bonds is 4. The maximum atomic E-state index is 12.4. The van der Waals surface area contributed by atoms with Crippen molar-refractivity contribution < 1.29 is 9.53 Å². The van der Waals surface area contributed by atoms with Gasteiger partial charge >= 0.3 is 5.97 Å². The molecule has 23 heavy (non-hydrogen) atoms. The molecule has 1 atom stereocenters. The summed E-state index contributed by atoms with van der Waals surface area (Å²) in [6, 6.07) is 7.87. The first-order valence-electron chi connectivity index (χ1n) is 8.71. The number of benzene rings is 1. The molecule has 124 valence electrons. The van der Waals surface area contributed by atoms with Gasteiger partial charge in [-0.1, -0.05) is 18.2 Å². The highest BCUT2D eigenvalue weighted by atomic mass is 16.5. The van der Waals surface area contributed by atoms with Gasteiger partial charge in [-0.25, -0.2) is 4.79 Å². The Kier molecular flexibility index (Phi) is 5.83. The highest BCUT2D eigenvalue weighted by Gasteiger charge is 2.16. The van der Waals surface area contributed by atoms with E-state index in [0.29, 0.717) is 5.56 Å². The van der Waals surface area contributed by atoms with Crippen LogP contribution in [-0.2, 0) is 11.3 Å². The fourth-order valence-electron chi connectivity index (χ4n) is 3.18. The van der Waals surface area contributed by atoms with Crippen molar-refractivity contribution in [2.75, 3.05) is 26.2 Å². The molecule has 1 heterocycles. The molecule has 0 bridgehead atoms. The average Bonchev–Trinajstić information content (AvgIpc) is 2.85. The smallest absolute Gasteiger partial charge is 0.338 e. The Morgan fingerprint density at radius 3 is 3.00 bits per heavy atom. The van der Waals surface area contributed by atoms with Crippen LogP contribution in [0.5, 0.6) is 0 Å². The standard InChI is InChI=1S/C19H26N2O2/c22-19(23-18-8-3-1-2-4-9-18)17-7-5-6-16(14-17)15-21-12-10-20-11-13-21/h3,5-8,14,18,20H,1-2,4,9-13,15H2. The number of allylic oxidation sites excluding steroid dienone is 1. The maximum Gasteiger partial charge on any atom is 0.338 e. The fraction of sp³-hybridized carbons (Fsp3) is 0.526. The van der Waals surface area contributed by atoms with Crippen molar-refractivity contribution in [2.24, 2.45) is 0 Å². The number of ether oxygens (including phenoxy) is 1. The van der Waals surface area contributed by atoms with E-state index >= 15 is 0 Å². The summed E-state index contributed by atoms with van der Waals surface area (Å²) in [6.07, 6.45) is 8.43. The summed E-state index contributed by atoms with van der Waals surface area (Å²) in [5.74, 6) is -0.205. The van der Waals surface area contributed by atoms with Crippen molar-refractivity contribution in [3.05, 3.63) is 47.5 Å². The minimum atomic E-state index is -0.205. The SMILES string of the molecule is O=C(OC1C=CCCCC1)c1cccc(CN2CCNCC2)c1. The third-order valence-electron chi connectivity index (χ3n) is 4.50. The molecule has 4 nitrogen and oxygen atoms in total. The lowest BCUT2D eigenvalue weighted by atomic mass is 10.1. The van der Waals surface area contributed by atoms with E-state index in [2.05, 4.69) is 22.4 Å². The van der Waals surface area contributed by atoms with Crippen LogP contribution in [0.4, 0.5) is 0 Å². The summed E-state index contributed by atoms with van der Waals surface area (Å²) in [7, 11) is 0. The molecule has 1 saturated heterocycles. The van der Waals surface area contributed by atoms with Crippen molar-refractivity contribution in [1.29, 1.82) is 0 Å². The van der Waals surface area contributed by atoms with Crippen LogP contribution >= 0.6 is 0 Å². The molecule has 2 aliphatic rings. The van der Waals surface area contributed by atoms with Gasteiger partial charge in [0.05, 0.1) is 5.56 Å². The molecule has 3 rings (SSSR count). The zero-order valence-electron chi connectivity index (χ0n) is 13.7. The predicted molar refractivity (Wildman–Crippen MR) is 91.4 cm³/mol. The van der Waals surface area contributed by atoms with Gasteiger partial charge in [0.2, 0.25) is 0 Å². The monoisotopic (exact) mass is 314 g/mol. The van der Waals surface area contributed by atoms with Crippen molar-refractivity contribution >= 4 is 5.97 Å². The lowest BCUT2D eigenvalue weighted by molar-refractivity contribution is 0.0379. The minimum Gasteiger partial charge on any atom is -0.455 e. The van der Waals surface area contributed by atoms with E-state index in [1.165, 1.54) is 12.0 Å². The minimum absolute atomic E-state index is 0.0678. The Morgan fingerprint density at radius 1 is 1.26 bits per heavy atom. The summed E-state index contributed by atoms with van der Waals surface area (Å²) < 4.78 is 5.65. The number of esters is 1. The van der Waals surface area contributed by atoms with Crippen LogP contribution in [0.1, 0.15) is 41.6 Å². The molecule has 0 radical (unpaired) electrons. The van der Waals surface area contributed by atoms with E-state index in [4.69, 9.17) is 4.74 Å². The number of carbonyl (C=O) groups excluding carboxylic acids is 1. The fourth-order valence-corrected chi connectivity index (χ4v) is 3.18. The van der Waals surface area contributed by atoms with Crippen LogP contribution < -0.4 is 5.32 Å². The Morgan fingerprint density at radius 2 is 2.13 bits per heavy atom. The second-order valence-corrected chi connectivity index (χ2v) is 6.38. The second-order valence-electron chi connectivity index (χ2n) is 6.38. The summed E-state index contributed by atoms with van der Waals surface area (Å²) in [6.45, 7) is 5.08. The van der Waals surface area contributed by atoms with Crippen LogP contribution in [0.3, 0.4) is 0 Å². The molecule has 0 spiro atoms. The summed E-state index contributed by atoms with van der Waals surface area (Å²) >= 11 is 0. The molecular weight excluding hydrogens is 288 g/mol. The van der Waals surface area contributed by atoms with Gasteiger partial charge in [-0.05, 0) is 49.5 Å². The summed E-state index contributed by atoms with van der Waals surface area (Å²) in [4.78, 5) is 14.8. The highest BCUT2D eigenvalue weighted by Crippen LogP contribution is 2.17. The molecule has 1 unspecified atom stereocenters. The molecule has 1 aliphatic heterocycles. The lowest BCUT2D eigenvalue weighted by Gasteiger charge is -2.27. The average molecular weight is 314 g/mol.